The van der Waals surface area contributed by atoms with Crippen molar-refractivity contribution in [1.29, 1.82) is 5.26 Å². The quantitative estimate of drug-likeness (QED) is 0.765. The van der Waals surface area contributed by atoms with Crippen LogP contribution in [0.15, 0.2) is 18.2 Å². The Balaban J connectivity index is 2.10. The first kappa shape index (κ1) is 14.4. The minimum Gasteiger partial charge on any atom is -0.324 e. The van der Waals surface area contributed by atoms with Crippen LogP contribution in [0.3, 0.4) is 0 Å². The lowest BCUT2D eigenvalue weighted by molar-refractivity contribution is 0.265. The number of rotatable bonds is 3. The molecule has 0 radical (unpaired) electrons. The van der Waals surface area contributed by atoms with Gasteiger partial charge in [-0.3, -0.25) is 0 Å². The molecule has 1 saturated carbocycles. The van der Waals surface area contributed by atoms with Crippen LogP contribution in [0, 0.1) is 17.2 Å². The van der Waals surface area contributed by atoms with Crippen LogP contribution in [0.2, 0.25) is 0 Å². The van der Waals surface area contributed by atoms with E-state index in [-0.39, 0.29) is 0 Å². The Morgan fingerprint density at radius 1 is 1.38 bits per heavy atom. The van der Waals surface area contributed by atoms with Crippen LogP contribution in [-0.4, -0.2) is 9.55 Å². The molecule has 1 aliphatic carbocycles. The van der Waals surface area contributed by atoms with Crippen LogP contribution >= 0.6 is 11.6 Å². The maximum Gasteiger partial charge on any atom is 0.125 e. The molecular weight excluding hydrogens is 282 g/mol. The molecule has 0 spiro atoms. The van der Waals surface area contributed by atoms with Crippen molar-refractivity contribution in [3.05, 3.63) is 29.6 Å². The third-order valence-corrected chi connectivity index (χ3v) is 5.01. The Morgan fingerprint density at radius 3 is 2.81 bits per heavy atom. The van der Waals surface area contributed by atoms with E-state index in [1.165, 1.54) is 32.1 Å². The van der Waals surface area contributed by atoms with Crippen LogP contribution in [0.25, 0.3) is 11.0 Å². The van der Waals surface area contributed by atoms with E-state index in [4.69, 9.17) is 11.6 Å². The van der Waals surface area contributed by atoms with Gasteiger partial charge in [0, 0.05) is 6.04 Å². The second-order valence-electron chi connectivity index (χ2n) is 5.96. The first-order valence-electron chi connectivity index (χ1n) is 7.72. The monoisotopic (exact) mass is 301 g/mol. The van der Waals surface area contributed by atoms with Crippen molar-refractivity contribution in [2.45, 2.75) is 50.9 Å². The lowest BCUT2D eigenvalue weighted by atomic mass is 9.84. The summed E-state index contributed by atoms with van der Waals surface area (Å²) in [4.78, 5) is 4.63. The number of fused-ring (bicyclic) bond motifs is 1. The molecule has 0 saturated heterocycles. The minimum absolute atomic E-state index is 0.386. The van der Waals surface area contributed by atoms with Gasteiger partial charge in [0.15, 0.2) is 0 Å². The molecular formula is C17H20ClN3. The van der Waals surface area contributed by atoms with Gasteiger partial charge in [0.05, 0.1) is 17.0 Å². The third-order valence-electron chi connectivity index (χ3n) is 4.77. The maximum absolute atomic E-state index is 9.26. The maximum atomic E-state index is 9.26. The lowest BCUT2D eigenvalue weighted by Crippen LogP contribution is -2.20. The number of halogens is 1. The van der Waals surface area contributed by atoms with Crippen molar-refractivity contribution >= 4 is 22.6 Å². The fourth-order valence-electron chi connectivity index (χ4n) is 3.63. The number of nitriles is 1. The molecule has 3 rings (SSSR count). The van der Waals surface area contributed by atoms with Gasteiger partial charge in [0.1, 0.15) is 17.4 Å². The van der Waals surface area contributed by atoms with Gasteiger partial charge in [-0.05, 0) is 37.8 Å². The molecule has 2 aromatic rings. The predicted octanol–water partition coefficient (Wildman–Crippen LogP) is 4.79. The van der Waals surface area contributed by atoms with E-state index in [1.807, 2.05) is 12.1 Å². The summed E-state index contributed by atoms with van der Waals surface area (Å²) in [5.41, 5.74) is 2.47. The van der Waals surface area contributed by atoms with Crippen molar-refractivity contribution in [2.75, 3.05) is 0 Å². The molecule has 110 valence electrons. The highest BCUT2D eigenvalue weighted by Crippen LogP contribution is 2.36. The molecule has 0 amide bonds. The molecule has 4 heteroatoms. The summed E-state index contributed by atoms with van der Waals surface area (Å²) < 4.78 is 2.26. The molecule has 0 N–H and O–H groups in total. The zero-order chi connectivity index (χ0) is 14.8. The van der Waals surface area contributed by atoms with E-state index in [0.717, 1.165) is 16.9 Å². The van der Waals surface area contributed by atoms with E-state index in [0.29, 0.717) is 23.4 Å². The molecule has 1 atom stereocenters. The number of hydrogen-bond acceptors (Lipinski definition) is 2. The second kappa shape index (κ2) is 6.07. The van der Waals surface area contributed by atoms with Crippen LogP contribution in [-0.2, 0) is 5.88 Å². The van der Waals surface area contributed by atoms with E-state index in [1.54, 1.807) is 0 Å². The number of benzene rings is 1. The van der Waals surface area contributed by atoms with E-state index in [9.17, 15) is 5.26 Å². The Kier molecular flexibility index (Phi) is 4.17. The largest absolute Gasteiger partial charge is 0.324 e. The van der Waals surface area contributed by atoms with Crippen molar-refractivity contribution in [2.24, 2.45) is 5.92 Å². The molecule has 1 fully saturated rings. The van der Waals surface area contributed by atoms with Crippen LogP contribution in [0.5, 0.6) is 0 Å². The highest BCUT2D eigenvalue weighted by atomic mass is 35.5. The Bertz CT molecular complexity index is 677. The first-order chi connectivity index (χ1) is 10.3. The summed E-state index contributed by atoms with van der Waals surface area (Å²) in [5, 5.41) is 9.26. The molecule has 21 heavy (non-hydrogen) atoms. The average Bonchev–Trinajstić information content (AvgIpc) is 2.93. The van der Waals surface area contributed by atoms with Crippen LogP contribution in [0.1, 0.15) is 56.5 Å². The smallest absolute Gasteiger partial charge is 0.125 e. The fourth-order valence-corrected chi connectivity index (χ4v) is 3.82. The number of nitrogens with zero attached hydrogens (tertiary/aromatic N) is 3. The lowest BCUT2D eigenvalue weighted by Gasteiger charge is -2.30. The average molecular weight is 302 g/mol. The van der Waals surface area contributed by atoms with Gasteiger partial charge in [-0.15, -0.1) is 11.6 Å². The summed E-state index contributed by atoms with van der Waals surface area (Å²) in [7, 11) is 0. The van der Waals surface area contributed by atoms with E-state index in [2.05, 4.69) is 28.6 Å². The topological polar surface area (TPSA) is 41.6 Å². The molecule has 1 aromatic heterocycles. The van der Waals surface area contributed by atoms with Crippen LogP contribution < -0.4 is 0 Å². The summed E-state index contributed by atoms with van der Waals surface area (Å²) in [6.45, 7) is 2.27. The predicted molar refractivity (Wildman–Crippen MR) is 85.3 cm³/mol. The summed E-state index contributed by atoms with van der Waals surface area (Å²) in [6.07, 6.45) is 6.55. The van der Waals surface area contributed by atoms with E-state index >= 15 is 0 Å². The zero-order valence-electron chi connectivity index (χ0n) is 12.3. The molecule has 1 aromatic carbocycles. The molecule has 3 nitrogen and oxygen atoms in total. The highest BCUT2D eigenvalue weighted by molar-refractivity contribution is 6.16. The Hall–Kier alpha value is -1.53. The number of alkyl halides is 1. The number of aromatic nitrogens is 2. The SMILES string of the molecule is CC(C1CCCCC1)n1c(CCl)nc2c(C#N)cccc21. The van der Waals surface area contributed by atoms with Crippen molar-refractivity contribution in [3.8, 4) is 6.07 Å². The Labute approximate surface area is 130 Å². The van der Waals surface area contributed by atoms with Crippen LogP contribution in [0.4, 0.5) is 0 Å². The van der Waals surface area contributed by atoms with Gasteiger partial charge >= 0.3 is 0 Å². The molecule has 0 aliphatic heterocycles. The number of imidazole rings is 1. The third kappa shape index (κ3) is 2.53. The zero-order valence-corrected chi connectivity index (χ0v) is 13.1. The van der Waals surface area contributed by atoms with Gasteiger partial charge in [-0.1, -0.05) is 25.3 Å². The molecule has 1 aliphatic rings. The minimum atomic E-state index is 0.386. The van der Waals surface area contributed by atoms with Crippen molar-refractivity contribution in [1.82, 2.24) is 9.55 Å². The van der Waals surface area contributed by atoms with Gasteiger partial charge < -0.3 is 4.57 Å². The number of hydrogen-bond donors (Lipinski definition) is 0. The summed E-state index contributed by atoms with van der Waals surface area (Å²) in [6, 6.07) is 8.43. The fraction of sp³-hybridized carbons (Fsp3) is 0.529. The Morgan fingerprint density at radius 2 is 2.14 bits per heavy atom. The van der Waals surface area contributed by atoms with Crippen molar-refractivity contribution in [3.63, 3.8) is 0 Å². The highest BCUT2D eigenvalue weighted by Gasteiger charge is 2.25. The van der Waals surface area contributed by atoms with Gasteiger partial charge in [0.2, 0.25) is 0 Å². The standard InChI is InChI=1S/C17H20ClN3/c1-12(13-6-3-2-4-7-13)21-15-9-5-8-14(11-19)17(15)20-16(21)10-18/h5,8-9,12-13H,2-4,6-7,10H2,1H3. The summed E-state index contributed by atoms with van der Waals surface area (Å²) >= 11 is 6.12. The second-order valence-corrected chi connectivity index (χ2v) is 6.22. The first-order valence-corrected chi connectivity index (χ1v) is 8.25. The molecule has 0 bridgehead atoms. The van der Waals surface area contributed by atoms with Gasteiger partial charge in [-0.25, -0.2) is 4.98 Å². The normalized spacial score (nSPS) is 17.8. The molecule has 1 unspecified atom stereocenters. The van der Waals surface area contributed by atoms with Crippen molar-refractivity contribution < 1.29 is 0 Å². The van der Waals surface area contributed by atoms with Gasteiger partial charge in [-0.2, -0.15) is 5.26 Å². The summed E-state index contributed by atoms with van der Waals surface area (Å²) in [5.74, 6) is 1.95. The van der Waals surface area contributed by atoms with Gasteiger partial charge in [0.25, 0.3) is 0 Å². The van der Waals surface area contributed by atoms with E-state index < -0.39 is 0 Å². The molecule has 1 heterocycles. The number of para-hydroxylation sites is 1.